The smallest absolute Gasteiger partial charge is 0.193 e. The van der Waals surface area contributed by atoms with Crippen LogP contribution in [0.3, 0.4) is 0 Å². The van der Waals surface area contributed by atoms with E-state index < -0.39 is 0 Å². The van der Waals surface area contributed by atoms with Gasteiger partial charge in [0.25, 0.3) is 0 Å². The zero-order valence-electron chi connectivity index (χ0n) is 16.7. The van der Waals surface area contributed by atoms with Crippen LogP contribution < -0.4 is 5.32 Å². The molecule has 1 heterocycles. The van der Waals surface area contributed by atoms with Crippen LogP contribution in [0.25, 0.3) is 0 Å². The standard InChI is InChI=1S/C20H39N3O2/c1-4-20(11-6-7-12-20)17-22-19(21-5-2)23-13-9-18(10-14-23)25-16-8-15-24-3/h18H,4-17H2,1-3H3,(H,21,22). The first-order valence-corrected chi connectivity index (χ1v) is 10.4. The number of rotatable bonds is 9. The molecule has 5 heteroatoms. The molecule has 0 aromatic carbocycles. The first-order chi connectivity index (χ1) is 12.2. The number of piperidine rings is 1. The molecule has 2 fully saturated rings. The summed E-state index contributed by atoms with van der Waals surface area (Å²) in [7, 11) is 1.74. The third kappa shape index (κ3) is 6.45. The number of nitrogens with zero attached hydrogens (tertiary/aromatic N) is 2. The van der Waals surface area contributed by atoms with Crippen molar-refractivity contribution < 1.29 is 9.47 Å². The van der Waals surface area contributed by atoms with E-state index in [9.17, 15) is 0 Å². The maximum atomic E-state index is 5.98. The molecule has 25 heavy (non-hydrogen) atoms. The Hall–Kier alpha value is -0.810. The van der Waals surface area contributed by atoms with E-state index in [2.05, 4.69) is 24.1 Å². The molecule has 0 aromatic heterocycles. The van der Waals surface area contributed by atoms with E-state index in [1.165, 1.54) is 32.1 Å². The maximum Gasteiger partial charge on any atom is 0.193 e. The minimum atomic E-state index is 0.396. The zero-order valence-corrected chi connectivity index (χ0v) is 16.7. The summed E-state index contributed by atoms with van der Waals surface area (Å²) in [6.45, 7) is 10.1. The molecule has 0 bridgehead atoms. The van der Waals surface area contributed by atoms with E-state index in [4.69, 9.17) is 14.5 Å². The van der Waals surface area contributed by atoms with Crippen molar-refractivity contribution in [2.75, 3.05) is 46.5 Å². The van der Waals surface area contributed by atoms with Gasteiger partial charge in [-0.2, -0.15) is 0 Å². The summed E-state index contributed by atoms with van der Waals surface area (Å²) in [4.78, 5) is 7.48. The number of methoxy groups -OCH3 is 1. The Kier molecular flexibility index (Phi) is 9.04. The summed E-state index contributed by atoms with van der Waals surface area (Å²) in [5.74, 6) is 1.11. The monoisotopic (exact) mass is 353 g/mol. The second kappa shape index (κ2) is 11.0. The summed E-state index contributed by atoms with van der Waals surface area (Å²) >= 11 is 0. The van der Waals surface area contributed by atoms with Crippen molar-refractivity contribution in [2.45, 2.75) is 71.3 Å². The predicted octanol–water partition coefficient (Wildman–Crippen LogP) is 3.44. The SMILES string of the molecule is CCNC(=NCC1(CC)CCCC1)N1CCC(OCCCOC)CC1. The number of guanidine groups is 1. The van der Waals surface area contributed by atoms with Crippen molar-refractivity contribution in [1.82, 2.24) is 10.2 Å². The van der Waals surface area contributed by atoms with Crippen molar-refractivity contribution >= 4 is 5.96 Å². The van der Waals surface area contributed by atoms with Crippen molar-refractivity contribution in [1.29, 1.82) is 0 Å². The van der Waals surface area contributed by atoms with E-state index in [1.54, 1.807) is 7.11 Å². The molecule has 1 aliphatic heterocycles. The number of ether oxygens (including phenoxy) is 2. The molecule has 1 saturated heterocycles. The first-order valence-electron chi connectivity index (χ1n) is 10.4. The Labute approximate surface area is 154 Å². The van der Waals surface area contributed by atoms with Gasteiger partial charge in [-0.15, -0.1) is 0 Å². The number of hydrogen-bond donors (Lipinski definition) is 1. The number of nitrogens with one attached hydrogen (secondary N) is 1. The fraction of sp³-hybridized carbons (Fsp3) is 0.950. The predicted molar refractivity (Wildman–Crippen MR) is 104 cm³/mol. The van der Waals surface area contributed by atoms with Gasteiger partial charge in [0.05, 0.1) is 6.10 Å². The third-order valence-electron chi connectivity index (χ3n) is 5.90. The molecule has 0 atom stereocenters. The Balaban J connectivity index is 1.81. The number of aliphatic imine (C=N–C) groups is 1. The highest BCUT2D eigenvalue weighted by molar-refractivity contribution is 5.80. The van der Waals surface area contributed by atoms with Gasteiger partial charge in [-0.3, -0.25) is 4.99 Å². The van der Waals surface area contributed by atoms with Crippen molar-refractivity contribution in [3.63, 3.8) is 0 Å². The van der Waals surface area contributed by atoms with Crippen molar-refractivity contribution in [3.05, 3.63) is 0 Å². The Morgan fingerprint density at radius 1 is 1.16 bits per heavy atom. The van der Waals surface area contributed by atoms with Gasteiger partial charge in [0.2, 0.25) is 0 Å². The van der Waals surface area contributed by atoms with Gasteiger partial charge in [-0.25, -0.2) is 0 Å². The minimum absolute atomic E-state index is 0.396. The lowest BCUT2D eigenvalue weighted by molar-refractivity contribution is 0.00987. The molecule has 5 nitrogen and oxygen atoms in total. The van der Waals surface area contributed by atoms with Gasteiger partial charge in [-0.05, 0) is 50.9 Å². The van der Waals surface area contributed by atoms with Crippen LogP contribution in [0.15, 0.2) is 4.99 Å². The fourth-order valence-corrected chi connectivity index (χ4v) is 4.10. The Morgan fingerprint density at radius 2 is 1.88 bits per heavy atom. The zero-order chi connectivity index (χ0) is 18.0. The molecule has 2 aliphatic rings. The van der Waals surface area contributed by atoms with Crippen LogP contribution in [0.2, 0.25) is 0 Å². The lowest BCUT2D eigenvalue weighted by atomic mass is 9.83. The van der Waals surface area contributed by atoms with Gasteiger partial charge < -0.3 is 19.7 Å². The Bertz CT molecular complexity index is 386. The van der Waals surface area contributed by atoms with Crippen LogP contribution in [0.1, 0.15) is 65.2 Å². The van der Waals surface area contributed by atoms with Crippen LogP contribution in [-0.2, 0) is 9.47 Å². The molecule has 0 radical (unpaired) electrons. The van der Waals surface area contributed by atoms with E-state index in [-0.39, 0.29) is 0 Å². The molecule has 1 saturated carbocycles. The summed E-state index contributed by atoms with van der Waals surface area (Å²) < 4.78 is 11.1. The van der Waals surface area contributed by atoms with E-state index in [1.807, 2.05) is 0 Å². The molecule has 1 N–H and O–H groups in total. The molecule has 1 aliphatic carbocycles. The molecule has 0 unspecified atom stereocenters. The first kappa shape index (κ1) is 20.5. The average Bonchev–Trinajstić information content (AvgIpc) is 3.12. The molecular weight excluding hydrogens is 314 g/mol. The topological polar surface area (TPSA) is 46.1 Å². The van der Waals surface area contributed by atoms with E-state index >= 15 is 0 Å². The molecule has 0 amide bonds. The molecular formula is C20H39N3O2. The van der Waals surface area contributed by atoms with Gasteiger partial charge in [0.1, 0.15) is 0 Å². The van der Waals surface area contributed by atoms with Gasteiger partial charge >= 0.3 is 0 Å². The number of likely N-dealkylation sites (tertiary alicyclic amines) is 1. The number of hydrogen-bond acceptors (Lipinski definition) is 3. The van der Waals surface area contributed by atoms with Crippen molar-refractivity contribution in [3.8, 4) is 0 Å². The molecule has 146 valence electrons. The average molecular weight is 354 g/mol. The van der Waals surface area contributed by atoms with E-state index in [0.717, 1.165) is 64.6 Å². The molecule has 2 rings (SSSR count). The second-order valence-corrected chi connectivity index (χ2v) is 7.63. The van der Waals surface area contributed by atoms with Crippen LogP contribution in [-0.4, -0.2) is 63.5 Å². The lowest BCUT2D eigenvalue weighted by Gasteiger charge is -2.35. The summed E-state index contributed by atoms with van der Waals surface area (Å²) in [6, 6.07) is 0. The van der Waals surface area contributed by atoms with E-state index in [0.29, 0.717) is 11.5 Å². The van der Waals surface area contributed by atoms with Gasteiger partial charge in [-0.1, -0.05) is 19.8 Å². The highest BCUT2D eigenvalue weighted by atomic mass is 16.5. The van der Waals surface area contributed by atoms with Crippen LogP contribution >= 0.6 is 0 Å². The largest absolute Gasteiger partial charge is 0.385 e. The lowest BCUT2D eigenvalue weighted by Crippen LogP contribution is -2.47. The fourth-order valence-electron chi connectivity index (χ4n) is 4.10. The van der Waals surface area contributed by atoms with Gasteiger partial charge in [0, 0.05) is 46.5 Å². The van der Waals surface area contributed by atoms with Crippen LogP contribution in [0.5, 0.6) is 0 Å². The normalized spacial score (nSPS) is 21.7. The maximum absolute atomic E-state index is 5.98. The molecule has 0 spiro atoms. The van der Waals surface area contributed by atoms with Crippen LogP contribution in [0.4, 0.5) is 0 Å². The minimum Gasteiger partial charge on any atom is -0.385 e. The van der Waals surface area contributed by atoms with Crippen molar-refractivity contribution in [2.24, 2.45) is 10.4 Å². The van der Waals surface area contributed by atoms with Gasteiger partial charge in [0.15, 0.2) is 5.96 Å². The summed E-state index contributed by atoms with van der Waals surface area (Å²) in [6.07, 6.45) is 10.3. The highest BCUT2D eigenvalue weighted by Crippen LogP contribution is 2.41. The third-order valence-corrected chi connectivity index (χ3v) is 5.90. The second-order valence-electron chi connectivity index (χ2n) is 7.63. The highest BCUT2D eigenvalue weighted by Gasteiger charge is 2.32. The quantitative estimate of drug-likeness (QED) is 0.392. The summed E-state index contributed by atoms with van der Waals surface area (Å²) in [5.41, 5.74) is 0.462. The molecule has 0 aromatic rings. The van der Waals surface area contributed by atoms with Crippen LogP contribution in [0, 0.1) is 5.41 Å². The summed E-state index contributed by atoms with van der Waals surface area (Å²) in [5, 5.41) is 3.51. The Morgan fingerprint density at radius 3 is 2.48 bits per heavy atom.